The minimum atomic E-state index is -6.04. The van der Waals surface area contributed by atoms with Crippen LogP contribution in [0.4, 0.5) is 8.78 Å². The molecule has 9 nitrogen and oxygen atoms in total. The van der Waals surface area contributed by atoms with Crippen molar-refractivity contribution in [2.45, 2.75) is 23.9 Å². The Morgan fingerprint density at radius 2 is 1.91 bits per heavy atom. The van der Waals surface area contributed by atoms with Crippen LogP contribution in [0.2, 0.25) is 0 Å². The maximum Gasteiger partial charge on any atom is 0.465 e. The molecule has 12 heteroatoms. The normalized spacial score (nSPS) is 38.5. The van der Waals surface area contributed by atoms with Crippen LogP contribution in [0.1, 0.15) is 6.42 Å². The number of ether oxygens (including phenoxy) is 2. The van der Waals surface area contributed by atoms with Gasteiger partial charge in [0, 0.05) is 11.8 Å². The fourth-order valence-electron chi connectivity index (χ4n) is 3.78. The van der Waals surface area contributed by atoms with Gasteiger partial charge in [0.25, 0.3) is 0 Å². The smallest absolute Gasteiger partial charge is 0.465 e. The van der Waals surface area contributed by atoms with Gasteiger partial charge in [0.05, 0.1) is 11.8 Å². The highest BCUT2D eigenvalue weighted by Crippen LogP contribution is 2.58. The quantitative estimate of drug-likeness (QED) is 0.492. The molecule has 0 radical (unpaired) electrons. The lowest BCUT2D eigenvalue weighted by Gasteiger charge is -2.29. The maximum atomic E-state index is 13.3. The predicted molar refractivity (Wildman–Crippen MR) is 62.5 cm³/mol. The molecule has 2 saturated carbocycles. The number of carboxylic acid groups (broad SMARTS) is 1. The lowest BCUT2D eigenvalue weighted by Crippen LogP contribution is -2.47. The van der Waals surface area contributed by atoms with Crippen LogP contribution in [-0.2, 0) is 34.0 Å². The van der Waals surface area contributed by atoms with Crippen LogP contribution in [0.3, 0.4) is 0 Å². The van der Waals surface area contributed by atoms with E-state index in [1.54, 1.807) is 0 Å². The number of carbonyl (C=O) groups is 3. The van der Waals surface area contributed by atoms with Crippen LogP contribution in [0, 0.1) is 23.7 Å². The number of halogens is 2. The summed E-state index contributed by atoms with van der Waals surface area (Å²) in [5.41, 5.74) is 0. The summed E-state index contributed by atoms with van der Waals surface area (Å²) in [5, 5.41) is 3.98. The van der Waals surface area contributed by atoms with E-state index in [0.29, 0.717) is 0 Å². The first-order valence-corrected chi connectivity index (χ1v) is 7.90. The van der Waals surface area contributed by atoms with Crippen LogP contribution < -0.4 is 0 Å². The molecule has 0 amide bonds. The summed E-state index contributed by atoms with van der Waals surface area (Å²) in [6.07, 6.45) is -2.47. The summed E-state index contributed by atoms with van der Waals surface area (Å²) >= 11 is 0. The van der Waals surface area contributed by atoms with Gasteiger partial charge in [0.2, 0.25) is 0 Å². The van der Waals surface area contributed by atoms with Crippen molar-refractivity contribution in [2.75, 3.05) is 0 Å². The van der Waals surface area contributed by atoms with E-state index in [2.05, 4.69) is 4.74 Å². The molecule has 6 unspecified atom stereocenters. The Kier molecular flexibility index (Phi) is 3.21. The molecule has 0 aromatic heterocycles. The largest absolute Gasteiger partial charge is 0.481 e. The average Bonchev–Trinajstić information content (AvgIpc) is 2.99. The number of fused-ring (bicyclic) bond motifs is 1. The zero-order valence-corrected chi connectivity index (χ0v) is 11.9. The van der Waals surface area contributed by atoms with E-state index < -0.39 is 69.2 Å². The number of aliphatic carboxylic acids is 1. The number of hydrogen-bond donors (Lipinski definition) is 2. The highest BCUT2D eigenvalue weighted by Gasteiger charge is 2.70. The highest BCUT2D eigenvalue weighted by molar-refractivity contribution is 7.87. The first-order valence-electron chi connectivity index (χ1n) is 6.46. The van der Waals surface area contributed by atoms with Gasteiger partial charge in [0.1, 0.15) is 12.2 Å². The van der Waals surface area contributed by atoms with Gasteiger partial charge in [0.15, 0.2) is 0 Å². The Labute approximate surface area is 127 Å². The monoisotopic (exact) mass is 356 g/mol. The third kappa shape index (κ3) is 2.04. The molecular weight excluding hydrogens is 346 g/mol. The SMILES string of the molecule is O=C(O)C1C2CC3C(OC(=O)C31)C2OC(=O)C(F)(F)S(=O)(=O)O. The third-order valence-corrected chi connectivity index (χ3v) is 5.45. The van der Waals surface area contributed by atoms with Crippen molar-refractivity contribution in [3.63, 3.8) is 0 Å². The first-order chi connectivity index (χ1) is 10.5. The molecule has 23 heavy (non-hydrogen) atoms. The summed E-state index contributed by atoms with van der Waals surface area (Å²) in [6, 6.07) is 0. The number of rotatable bonds is 4. The predicted octanol–water partition coefficient (Wildman–Crippen LogP) is -0.729. The molecule has 2 bridgehead atoms. The molecule has 1 saturated heterocycles. The standard InChI is InChI=1S/C11H10F2O9S/c12-11(13,23(18,19)20)10(17)22-7-2-1-3-5(4(2)8(14)15)9(16)21-6(3)7/h2-7H,1H2,(H,14,15)(H,18,19,20). The fourth-order valence-corrected chi connectivity index (χ4v) is 4.04. The molecule has 1 heterocycles. The number of esters is 2. The molecule has 2 aliphatic carbocycles. The lowest BCUT2D eigenvalue weighted by atomic mass is 9.78. The molecule has 1 aliphatic heterocycles. The number of alkyl halides is 2. The van der Waals surface area contributed by atoms with Crippen LogP contribution in [0.25, 0.3) is 0 Å². The molecule has 0 spiro atoms. The summed E-state index contributed by atoms with van der Waals surface area (Å²) in [6.45, 7) is 0. The molecular formula is C11H10F2O9S. The summed E-state index contributed by atoms with van der Waals surface area (Å²) < 4.78 is 65.3. The number of carbonyl (C=O) groups excluding carboxylic acids is 2. The summed E-state index contributed by atoms with van der Waals surface area (Å²) in [7, 11) is -6.04. The van der Waals surface area contributed by atoms with Crippen molar-refractivity contribution < 1.29 is 50.7 Å². The topological polar surface area (TPSA) is 144 Å². The minimum Gasteiger partial charge on any atom is -0.481 e. The molecule has 0 aromatic carbocycles. The van der Waals surface area contributed by atoms with Gasteiger partial charge < -0.3 is 14.6 Å². The first kappa shape index (κ1) is 16.1. The lowest BCUT2D eigenvalue weighted by molar-refractivity contribution is -0.179. The summed E-state index contributed by atoms with van der Waals surface area (Å²) in [4.78, 5) is 34.3. The van der Waals surface area contributed by atoms with E-state index >= 15 is 0 Å². The Balaban J connectivity index is 1.87. The molecule has 0 aromatic rings. The minimum absolute atomic E-state index is 0.118. The van der Waals surface area contributed by atoms with Crippen LogP contribution in [-0.4, -0.2) is 53.4 Å². The van der Waals surface area contributed by atoms with E-state index in [-0.39, 0.29) is 6.42 Å². The Morgan fingerprint density at radius 1 is 1.30 bits per heavy atom. The van der Waals surface area contributed by atoms with Gasteiger partial charge in [-0.25, -0.2) is 4.79 Å². The highest BCUT2D eigenvalue weighted by atomic mass is 32.2. The second kappa shape index (κ2) is 4.60. The van der Waals surface area contributed by atoms with Crippen molar-refractivity contribution in [1.29, 1.82) is 0 Å². The Bertz CT molecular complexity index is 702. The molecule has 3 fully saturated rings. The fraction of sp³-hybridized carbons (Fsp3) is 0.727. The second-order valence-corrected chi connectivity index (χ2v) is 7.18. The third-order valence-electron chi connectivity index (χ3n) is 4.64. The second-order valence-electron chi connectivity index (χ2n) is 5.72. The van der Waals surface area contributed by atoms with E-state index in [9.17, 15) is 36.7 Å². The van der Waals surface area contributed by atoms with Crippen LogP contribution in [0.5, 0.6) is 0 Å². The van der Waals surface area contributed by atoms with Crippen molar-refractivity contribution in [3.05, 3.63) is 0 Å². The van der Waals surface area contributed by atoms with Crippen LogP contribution in [0.15, 0.2) is 0 Å². The number of hydrogen-bond acceptors (Lipinski definition) is 7. The Morgan fingerprint density at radius 3 is 2.43 bits per heavy atom. The van der Waals surface area contributed by atoms with Gasteiger partial charge in [-0.2, -0.15) is 17.2 Å². The van der Waals surface area contributed by atoms with Gasteiger partial charge in [-0.3, -0.25) is 14.1 Å². The van der Waals surface area contributed by atoms with Gasteiger partial charge in [-0.05, 0) is 6.42 Å². The van der Waals surface area contributed by atoms with Crippen molar-refractivity contribution in [1.82, 2.24) is 0 Å². The Hall–Kier alpha value is -1.82. The molecule has 2 N–H and O–H groups in total. The van der Waals surface area contributed by atoms with E-state index in [4.69, 9.17) is 9.29 Å². The van der Waals surface area contributed by atoms with E-state index in [1.165, 1.54) is 0 Å². The van der Waals surface area contributed by atoms with E-state index in [0.717, 1.165) is 0 Å². The molecule has 3 rings (SSSR count). The molecule has 3 aliphatic rings. The van der Waals surface area contributed by atoms with Gasteiger partial charge in [-0.1, -0.05) is 0 Å². The van der Waals surface area contributed by atoms with Crippen molar-refractivity contribution >= 4 is 28.0 Å². The molecule has 6 atom stereocenters. The average molecular weight is 356 g/mol. The van der Waals surface area contributed by atoms with Crippen molar-refractivity contribution in [2.24, 2.45) is 23.7 Å². The summed E-state index contributed by atoms with van der Waals surface area (Å²) in [5.74, 6) is -8.44. The van der Waals surface area contributed by atoms with E-state index in [1.807, 2.05) is 0 Å². The zero-order valence-electron chi connectivity index (χ0n) is 11.1. The molecule has 128 valence electrons. The zero-order chi connectivity index (χ0) is 17.3. The maximum absolute atomic E-state index is 13.3. The number of carboxylic acids is 1. The van der Waals surface area contributed by atoms with Crippen LogP contribution >= 0.6 is 0 Å². The van der Waals surface area contributed by atoms with Gasteiger partial charge >= 0.3 is 33.3 Å². The van der Waals surface area contributed by atoms with Gasteiger partial charge in [-0.15, -0.1) is 0 Å². The van der Waals surface area contributed by atoms with Crippen molar-refractivity contribution in [3.8, 4) is 0 Å².